The van der Waals surface area contributed by atoms with Crippen LogP contribution in [0.1, 0.15) is 19.3 Å². The Bertz CT molecular complexity index is 848. The Labute approximate surface area is 170 Å². The molecule has 0 bridgehead atoms. The van der Waals surface area contributed by atoms with Crippen molar-refractivity contribution in [2.24, 2.45) is 5.73 Å². The molecule has 0 aliphatic carbocycles. The molecule has 4 N–H and O–H groups in total. The number of nitrogens with two attached hydrogens (primary N) is 1. The van der Waals surface area contributed by atoms with E-state index in [9.17, 15) is 18.0 Å². The minimum Gasteiger partial charge on any atom is -0.378 e. The fourth-order valence-corrected chi connectivity index (χ4v) is 5.05. The number of carbonyl (C=O) groups excluding carboxylic acids is 2. The number of amides is 3. The lowest BCUT2D eigenvalue weighted by Crippen LogP contribution is -2.39. The molecule has 0 aromatic heterocycles. The Kier molecular flexibility index (Phi) is 6.93. The number of urea groups is 1. The molecule has 2 saturated heterocycles. The van der Waals surface area contributed by atoms with E-state index in [0.29, 0.717) is 45.1 Å². The van der Waals surface area contributed by atoms with Crippen LogP contribution >= 0.6 is 0 Å². The number of nitrogens with one attached hydrogen (secondary N) is 2. The summed E-state index contributed by atoms with van der Waals surface area (Å²) >= 11 is 0. The topological polar surface area (TPSA) is 134 Å². The van der Waals surface area contributed by atoms with Crippen LogP contribution in [-0.4, -0.2) is 70.6 Å². The number of morpholine rings is 1. The smallest absolute Gasteiger partial charge is 0.318 e. The van der Waals surface area contributed by atoms with Gasteiger partial charge in [-0.15, -0.1) is 0 Å². The van der Waals surface area contributed by atoms with Gasteiger partial charge in [0.1, 0.15) is 0 Å². The molecule has 1 aromatic carbocycles. The van der Waals surface area contributed by atoms with Crippen LogP contribution in [0, 0.1) is 0 Å². The predicted octanol–water partition coefficient (Wildman–Crippen LogP) is 0.305. The Morgan fingerprint density at radius 1 is 1.07 bits per heavy atom. The van der Waals surface area contributed by atoms with Gasteiger partial charge in [-0.3, -0.25) is 10.1 Å². The number of anilines is 2. The largest absolute Gasteiger partial charge is 0.378 e. The van der Waals surface area contributed by atoms with Crippen molar-refractivity contribution in [3.05, 3.63) is 18.2 Å². The number of piperidine rings is 1. The van der Waals surface area contributed by atoms with E-state index in [1.165, 1.54) is 4.31 Å². The van der Waals surface area contributed by atoms with Crippen LogP contribution in [0.25, 0.3) is 0 Å². The van der Waals surface area contributed by atoms with Crippen LogP contribution < -0.4 is 21.3 Å². The van der Waals surface area contributed by atoms with Crippen molar-refractivity contribution in [1.82, 2.24) is 9.62 Å². The van der Waals surface area contributed by atoms with Crippen molar-refractivity contribution in [1.29, 1.82) is 0 Å². The number of primary amides is 1. The molecule has 29 heavy (non-hydrogen) atoms. The number of benzene rings is 1. The van der Waals surface area contributed by atoms with E-state index < -0.39 is 22.0 Å². The standard InChI is InChI=1S/C18H27N5O5S/c19-18(25)21-17(24)13-20-15-12-14(29(26,27)23-6-2-1-3-7-23)4-5-16(15)22-8-10-28-11-9-22/h4-5,12,20H,1-3,6-11,13H2,(H3,19,21,24,25). The molecule has 2 fully saturated rings. The summed E-state index contributed by atoms with van der Waals surface area (Å²) in [5.41, 5.74) is 6.25. The first-order valence-corrected chi connectivity index (χ1v) is 11.1. The van der Waals surface area contributed by atoms with Gasteiger partial charge in [0.25, 0.3) is 0 Å². The zero-order chi connectivity index (χ0) is 20.9. The maximum Gasteiger partial charge on any atom is 0.318 e. The third-order valence-electron chi connectivity index (χ3n) is 4.97. The van der Waals surface area contributed by atoms with Crippen LogP contribution in [0.3, 0.4) is 0 Å². The number of carbonyl (C=O) groups is 2. The number of imide groups is 1. The van der Waals surface area contributed by atoms with E-state index in [1.54, 1.807) is 18.2 Å². The highest BCUT2D eigenvalue weighted by molar-refractivity contribution is 7.89. The number of nitrogens with zero attached hydrogens (tertiary/aromatic N) is 2. The van der Waals surface area contributed by atoms with E-state index in [-0.39, 0.29) is 11.4 Å². The third kappa shape index (κ3) is 5.37. The zero-order valence-corrected chi connectivity index (χ0v) is 17.0. The Morgan fingerprint density at radius 3 is 2.41 bits per heavy atom. The van der Waals surface area contributed by atoms with Gasteiger partial charge in [0.15, 0.2) is 0 Å². The molecule has 160 valence electrons. The predicted molar refractivity (Wildman–Crippen MR) is 108 cm³/mol. The second-order valence-corrected chi connectivity index (χ2v) is 8.95. The minimum atomic E-state index is -3.61. The van der Waals surface area contributed by atoms with Gasteiger partial charge in [0, 0.05) is 26.2 Å². The molecule has 2 heterocycles. The monoisotopic (exact) mass is 425 g/mol. The fourth-order valence-electron chi connectivity index (χ4n) is 3.51. The van der Waals surface area contributed by atoms with Crippen LogP contribution in [-0.2, 0) is 19.6 Å². The van der Waals surface area contributed by atoms with E-state index in [4.69, 9.17) is 10.5 Å². The van der Waals surface area contributed by atoms with Crippen LogP contribution in [0.5, 0.6) is 0 Å². The highest BCUT2D eigenvalue weighted by atomic mass is 32.2. The van der Waals surface area contributed by atoms with Crippen molar-refractivity contribution in [2.45, 2.75) is 24.2 Å². The molecule has 11 heteroatoms. The van der Waals surface area contributed by atoms with Crippen LogP contribution in [0.15, 0.2) is 23.1 Å². The summed E-state index contributed by atoms with van der Waals surface area (Å²) in [6, 6.07) is 3.96. The van der Waals surface area contributed by atoms with Gasteiger partial charge in [-0.1, -0.05) is 6.42 Å². The molecular formula is C18H27N5O5S. The molecule has 0 radical (unpaired) electrons. The summed E-state index contributed by atoms with van der Waals surface area (Å²) in [6.07, 6.45) is 2.73. The number of sulfonamides is 1. The SMILES string of the molecule is NC(=O)NC(=O)CNc1cc(S(=O)(=O)N2CCCCC2)ccc1N1CCOCC1. The van der Waals surface area contributed by atoms with Crippen LogP contribution in [0.2, 0.25) is 0 Å². The second kappa shape index (κ2) is 9.42. The molecule has 1 aromatic rings. The Hall–Kier alpha value is -2.37. The van der Waals surface area contributed by atoms with Crippen molar-refractivity contribution in [3.8, 4) is 0 Å². The highest BCUT2D eigenvalue weighted by Crippen LogP contribution is 2.31. The molecule has 10 nitrogen and oxygen atoms in total. The fraction of sp³-hybridized carbons (Fsp3) is 0.556. The van der Waals surface area contributed by atoms with E-state index in [2.05, 4.69) is 10.2 Å². The Morgan fingerprint density at radius 2 is 1.76 bits per heavy atom. The van der Waals surface area contributed by atoms with Crippen molar-refractivity contribution >= 4 is 33.3 Å². The van der Waals surface area contributed by atoms with Crippen molar-refractivity contribution < 1.29 is 22.7 Å². The third-order valence-corrected chi connectivity index (χ3v) is 6.87. The van der Waals surface area contributed by atoms with E-state index in [0.717, 1.165) is 24.9 Å². The first-order chi connectivity index (χ1) is 13.9. The number of hydrogen-bond acceptors (Lipinski definition) is 7. The van der Waals surface area contributed by atoms with Gasteiger partial charge < -0.3 is 20.7 Å². The summed E-state index contributed by atoms with van der Waals surface area (Å²) in [7, 11) is -3.61. The maximum atomic E-state index is 13.0. The molecule has 0 spiro atoms. The number of rotatable bonds is 6. The lowest BCUT2D eigenvalue weighted by Gasteiger charge is -2.31. The molecule has 3 rings (SSSR count). The van der Waals surface area contributed by atoms with Gasteiger partial charge in [-0.25, -0.2) is 13.2 Å². The van der Waals surface area contributed by atoms with Gasteiger partial charge in [-0.05, 0) is 31.0 Å². The molecule has 2 aliphatic heterocycles. The van der Waals surface area contributed by atoms with E-state index >= 15 is 0 Å². The molecule has 2 aliphatic rings. The molecule has 0 unspecified atom stereocenters. The normalized spacial score (nSPS) is 18.3. The summed E-state index contributed by atoms with van der Waals surface area (Å²) in [5, 5.41) is 4.93. The second-order valence-electron chi connectivity index (χ2n) is 7.01. The van der Waals surface area contributed by atoms with Gasteiger partial charge in [0.05, 0.1) is 36.0 Å². The van der Waals surface area contributed by atoms with Gasteiger partial charge in [0.2, 0.25) is 15.9 Å². The molecule has 0 saturated carbocycles. The van der Waals surface area contributed by atoms with Gasteiger partial charge >= 0.3 is 6.03 Å². The summed E-state index contributed by atoms with van der Waals surface area (Å²) in [5.74, 6) is -0.602. The van der Waals surface area contributed by atoms with E-state index in [1.807, 2.05) is 5.32 Å². The number of hydrogen-bond donors (Lipinski definition) is 3. The summed E-state index contributed by atoms with van der Waals surface area (Å²) in [6.45, 7) is 3.24. The average molecular weight is 426 g/mol. The maximum absolute atomic E-state index is 13.0. The molecular weight excluding hydrogens is 398 g/mol. The van der Waals surface area contributed by atoms with Gasteiger partial charge in [-0.2, -0.15) is 4.31 Å². The van der Waals surface area contributed by atoms with Crippen LogP contribution in [0.4, 0.5) is 16.2 Å². The minimum absolute atomic E-state index is 0.175. The summed E-state index contributed by atoms with van der Waals surface area (Å²) < 4.78 is 33.0. The zero-order valence-electron chi connectivity index (χ0n) is 16.2. The van der Waals surface area contributed by atoms with Crippen molar-refractivity contribution in [3.63, 3.8) is 0 Å². The lowest BCUT2D eigenvalue weighted by molar-refractivity contribution is -0.118. The highest BCUT2D eigenvalue weighted by Gasteiger charge is 2.27. The first kappa shape index (κ1) is 21.3. The Balaban J connectivity index is 1.87. The lowest BCUT2D eigenvalue weighted by atomic mass is 10.2. The number of ether oxygens (including phenoxy) is 1. The average Bonchev–Trinajstić information content (AvgIpc) is 2.73. The molecule has 3 amide bonds. The first-order valence-electron chi connectivity index (χ1n) is 9.68. The van der Waals surface area contributed by atoms with Crippen molar-refractivity contribution in [2.75, 3.05) is 56.2 Å². The summed E-state index contributed by atoms with van der Waals surface area (Å²) in [4.78, 5) is 24.9. The molecule has 0 atom stereocenters. The quantitative estimate of drug-likeness (QED) is 0.597.